The number of carbonyl (C=O) groups excluding carboxylic acids is 1. The van der Waals surface area contributed by atoms with Crippen molar-refractivity contribution < 1.29 is 9.53 Å². The van der Waals surface area contributed by atoms with Crippen LogP contribution in [0.2, 0.25) is 0 Å². The van der Waals surface area contributed by atoms with E-state index in [2.05, 4.69) is 19.7 Å². The molecule has 1 fully saturated rings. The Morgan fingerprint density at radius 3 is 2.62 bits per heavy atom. The van der Waals surface area contributed by atoms with Gasteiger partial charge in [0.2, 0.25) is 5.91 Å². The molecule has 0 N–H and O–H groups in total. The number of rotatable bonds is 3. The fourth-order valence-electron chi connectivity index (χ4n) is 3.25. The zero-order valence-corrected chi connectivity index (χ0v) is 13.6. The predicted octanol–water partition coefficient (Wildman–Crippen LogP) is 0.619. The molecule has 0 spiro atoms. The maximum atomic E-state index is 12.4. The fourth-order valence-corrected chi connectivity index (χ4v) is 3.25. The van der Waals surface area contributed by atoms with Gasteiger partial charge >= 0.3 is 0 Å². The van der Waals surface area contributed by atoms with Gasteiger partial charge in [-0.2, -0.15) is 0 Å². The molecule has 1 amide bonds. The zero-order valence-electron chi connectivity index (χ0n) is 13.6. The monoisotopic (exact) mass is 327 g/mol. The van der Waals surface area contributed by atoms with Crippen LogP contribution in [0.4, 0.5) is 0 Å². The molecule has 0 bridgehead atoms. The number of amides is 1. The smallest absolute Gasteiger partial charge is 0.236 e. The van der Waals surface area contributed by atoms with Crippen LogP contribution < -0.4 is 0 Å². The quantitative estimate of drug-likeness (QED) is 0.827. The van der Waals surface area contributed by atoms with Crippen LogP contribution in [0.5, 0.6) is 0 Å². The Morgan fingerprint density at radius 2 is 1.83 bits per heavy atom. The van der Waals surface area contributed by atoms with Crippen LogP contribution in [0.1, 0.15) is 5.82 Å². The van der Waals surface area contributed by atoms with Crippen molar-refractivity contribution in [3.05, 3.63) is 36.2 Å². The van der Waals surface area contributed by atoms with E-state index < -0.39 is 0 Å². The van der Waals surface area contributed by atoms with Gasteiger partial charge in [0.15, 0.2) is 5.82 Å². The molecule has 2 aromatic rings. The van der Waals surface area contributed by atoms with Crippen LogP contribution in [-0.4, -0.2) is 69.9 Å². The Hall–Kier alpha value is -2.25. The van der Waals surface area contributed by atoms with E-state index in [0.29, 0.717) is 39.4 Å². The van der Waals surface area contributed by atoms with Crippen molar-refractivity contribution >= 4 is 5.91 Å². The van der Waals surface area contributed by atoms with Gasteiger partial charge in [-0.25, -0.2) is 0 Å². The van der Waals surface area contributed by atoms with E-state index in [1.54, 1.807) is 0 Å². The van der Waals surface area contributed by atoms with Gasteiger partial charge in [0.25, 0.3) is 0 Å². The van der Waals surface area contributed by atoms with Gasteiger partial charge in [-0.05, 0) is 0 Å². The van der Waals surface area contributed by atoms with E-state index in [1.165, 1.54) is 0 Å². The van der Waals surface area contributed by atoms with E-state index in [-0.39, 0.29) is 5.91 Å². The molecule has 4 rings (SSSR count). The highest BCUT2D eigenvalue weighted by atomic mass is 16.5. The van der Waals surface area contributed by atoms with Gasteiger partial charge in [-0.15, -0.1) is 10.2 Å². The number of hydrogen-bond acceptors (Lipinski definition) is 5. The largest absolute Gasteiger partial charge is 0.378 e. The van der Waals surface area contributed by atoms with Crippen molar-refractivity contribution in [2.75, 3.05) is 39.4 Å². The van der Waals surface area contributed by atoms with Crippen LogP contribution >= 0.6 is 0 Å². The molecule has 1 aromatic heterocycles. The second-order valence-electron chi connectivity index (χ2n) is 6.16. The lowest BCUT2D eigenvalue weighted by molar-refractivity contribution is -0.136. The van der Waals surface area contributed by atoms with E-state index in [9.17, 15) is 4.79 Å². The van der Waals surface area contributed by atoms with Crippen molar-refractivity contribution in [1.82, 2.24) is 24.6 Å². The van der Waals surface area contributed by atoms with Gasteiger partial charge in [0, 0.05) is 31.7 Å². The van der Waals surface area contributed by atoms with Crippen LogP contribution in [-0.2, 0) is 22.6 Å². The third kappa shape index (κ3) is 3.05. The van der Waals surface area contributed by atoms with Gasteiger partial charge in [0.05, 0.1) is 26.3 Å². The van der Waals surface area contributed by atoms with Crippen molar-refractivity contribution in [2.24, 2.45) is 0 Å². The Morgan fingerprint density at radius 1 is 1.04 bits per heavy atom. The molecule has 7 heteroatoms. The Labute approximate surface area is 140 Å². The summed E-state index contributed by atoms with van der Waals surface area (Å²) in [4.78, 5) is 16.4. The minimum atomic E-state index is 0.176. The van der Waals surface area contributed by atoms with E-state index in [1.807, 2.05) is 35.2 Å². The molecule has 2 aliphatic rings. The molecule has 0 aliphatic carbocycles. The summed E-state index contributed by atoms with van der Waals surface area (Å²) in [5.74, 6) is 2.01. The van der Waals surface area contributed by atoms with Crippen LogP contribution in [0.3, 0.4) is 0 Å². The standard InChI is InChI=1S/C17H21N5O2/c23-16(21-8-10-24-11-9-21)13-20-6-7-22-15(12-20)18-19-17(22)14-4-2-1-3-5-14/h1-5H,6-13H2. The first kappa shape index (κ1) is 15.3. The average molecular weight is 327 g/mol. The first-order valence-corrected chi connectivity index (χ1v) is 8.36. The van der Waals surface area contributed by atoms with Crippen LogP contribution in [0.25, 0.3) is 11.4 Å². The molecule has 1 aromatic carbocycles. The molecule has 126 valence electrons. The Bertz CT molecular complexity index is 709. The number of carbonyl (C=O) groups is 1. The summed E-state index contributed by atoms with van der Waals surface area (Å²) in [5, 5.41) is 8.68. The lowest BCUT2D eigenvalue weighted by Gasteiger charge is -2.31. The number of benzene rings is 1. The van der Waals surface area contributed by atoms with Crippen molar-refractivity contribution in [3.63, 3.8) is 0 Å². The van der Waals surface area contributed by atoms with Crippen molar-refractivity contribution in [3.8, 4) is 11.4 Å². The number of nitrogens with zero attached hydrogens (tertiary/aromatic N) is 5. The minimum Gasteiger partial charge on any atom is -0.378 e. The summed E-state index contributed by atoms with van der Waals surface area (Å²) in [5.41, 5.74) is 1.08. The third-order valence-corrected chi connectivity index (χ3v) is 4.59. The molecule has 1 saturated heterocycles. The fraction of sp³-hybridized carbons (Fsp3) is 0.471. The van der Waals surface area contributed by atoms with Crippen molar-refractivity contribution in [2.45, 2.75) is 13.1 Å². The highest BCUT2D eigenvalue weighted by Crippen LogP contribution is 2.21. The Kier molecular flexibility index (Phi) is 4.27. The summed E-state index contributed by atoms with van der Waals surface area (Å²) in [6.45, 7) is 5.41. The van der Waals surface area contributed by atoms with Gasteiger partial charge in [0.1, 0.15) is 5.82 Å². The van der Waals surface area contributed by atoms with Gasteiger partial charge in [-0.3, -0.25) is 9.69 Å². The predicted molar refractivity (Wildman–Crippen MR) is 88.1 cm³/mol. The second-order valence-corrected chi connectivity index (χ2v) is 6.16. The topological polar surface area (TPSA) is 63.5 Å². The van der Waals surface area contributed by atoms with Crippen molar-refractivity contribution in [1.29, 1.82) is 0 Å². The van der Waals surface area contributed by atoms with E-state index >= 15 is 0 Å². The summed E-state index contributed by atoms with van der Waals surface area (Å²) >= 11 is 0. The molecule has 7 nitrogen and oxygen atoms in total. The lowest BCUT2D eigenvalue weighted by Crippen LogP contribution is -2.47. The summed E-state index contributed by atoms with van der Waals surface area (Å²) < 4.78 is 7.46. The van der Waals surface area contributed by atoms with Gasteiger partial charge in [-0.1, -0.05) is 30.3 Å². The SMILES string of the molecule is O=C(CN1CCn2c(nnc2-c2ccccc2)C1)N1CCOCC1. The maximum Gasteiger partial charge on any atom is 0.236 e. The van der Waals surface area contributed by atoms with Crippen LogP contribution in [0.15, 0.2) is 30.3 Å². The van der Waals surface area contributed by atoms with E-state index in [4.69, 9.17) is 4.74 Å². The first-order chi connectivity index (χ1) is 11.8. The lowest BCUT2D eigenvalue weighted by atomic mass is 10.2. The third-order valence-electron chi connectivity index (χ3n) is 4.59. The minimum absolute atomic E-state index is 0.176. The van der Waals surface area contributed by atoms with Gasteiger partial charge < -0.3 is 14.2 Å². The van der Waals surface area contributed by atoms with Crippen LogP contribution in [0, 0.1) is 0 Å². The number of aromatic nitrogens is 3. The number of morpholine rings is 1. The normalized spacial score (nSPS) is 18.4. The molecular weight excluding hydrogens is 306 g/mol. The Balaban J connectivity index is 1.43. The number of fused-ring (bicyclic) bond motifs is 1. The summed E-state index contributed by atoms with van der Waals surface area (Å²) in [6.07, 6.45) is 0. The molecule has 0 radical (unpaired) electrons. The first-order valence-electron chi connectivity index (χ1n) is 8.36. The highest BCUT2D eigenvalue weighted by Gasteiger charge is 2.25. The average Bonchev–Trinajstić information content (AvgIpc) is 3.06. The molecule has 3 heterocycles. The highest BCUT2D eigenvalue weighted by molar-refractivity contribution is 5.78. The maximum absolute atomic E-state index is 12.4. The molecule has 0 atom stereocenters. The number of hydrogen-bond donors (Lipinski definition) is 0. The molecule has 24 heavy (non-hydrogen) atoms. The molecule has 0 saturated carbocycles. The van der Waals surface area contributed by atoms with E-state index in [0.717, 1.165) is 30.3 Å². The zero-order chi connectivity index (χ0) is 16.4. The molecule has 2 aliphatic heterocycles. The molecule has 0 unspecified atom stereocenters. The molecular formula is C17H21N5O2. The summed E-state index contributed by atoms with van der Waals surface area (Å²) in [7, 11) is 0. The summed E-state index contributed by atoms with van der Waals surface area (Å²) in [6, 6.07) is 10.1. The second kappa shape index (κ2) is 6.70. The number of ether oxygens (including phenoxy) is 1.